The Bertz CT molecular complexity index is 599. The molecule has 4 nitrogen and oxygen atoms in total. The van der Waals surface area contributed by atoms with Crippen LogP contribution in [0.15, 0.2) is 52.3 Å². The molecular formula is C13H11NO3S. The second-order valence-corrected chi connectivity index (χ2v) is 4.89. The van der Waals surface area contributed by atoms with Crippen LogP contribution in [0.25, 0.3) is 0 Å². The number of aryl methyl sites for hydroxylation is 1. The highest BCUT2D eigenvalue weighted by molar-refractivity contribution is 7.99. The van der Waals surface area contributed by atoms with Gasteiger partial charge in [0.05, 0.1) is 9.82 Å². The van der Waals surface area contributed by atoms with Crippen LogP contribution in [0.2, 0.25) is 0 Å². The zero-order valence-electron chi connectivity index (χ0n) is 9.66. The van der Waals surface area contributed by atoms with Gasteiger partial charge in [-0.2, -0.15) is 0 Å². The van der Waals surface area contributed by atoms with Crippen molar-refractivity contribution in [1.82, 2.24) is 0 Å². The van der Waals surface area contributed by atoms with Gasteiger partial charge < -0.3 is 5.11 Å². The normalized spacial score (nSPS) is 10.3. The number of benzene rings is 2. The molecule has 0 bridgehead atoms. The second kappa shape index (κ2) is 5.10. The minimum atomic E-state index is -0.399. The minimum Gasteiger partial charge on any atom is -0.507 e. The Hall–Kier alpha value is -2.01. The molecule has 0 atom stereocenters. The van der Waals surface area contributed by atoms with Crippen molar-refractivity contribution >= 4 is 17.4 Å². The summed E-state index contributed by atoms with van der Waals surface area (Å²) >= 11 is 1.38. The summed E-state index contributed by atoms with van der Waals surface area (Å²) in [4.78, 5) is 11.9. The Morgan fingerprint density at radius 3 is 2.56 bits per heavy atom. The summed E-state index contributed by atoms with van der Waals surface area (Å²) < 4.78 is 0. The van der Waals surface area contributed by atoms with E-state index in [1.807, 2.05) is 6.07 Å². The average molecular weight is 261 g/mol. The number of rotatable bonds is 3. The van der Waals surface area contributed by atoms with Crippen molar-refractivity contribution in [2.75, 3.05) is 0 Å². The molecule has 0 spiro atoms. The lowest BCUT2D eigenvalue weighted by molar-refractivity contribution is -0.385. The number of phenolic OH excluding ortho intramolecular Hbond substituents is 1. The predicted octanol–water partition coefficient (Wildman–Crippen LogP) is 3.76. The lowest BCUT2D eigenvalue weighted by Crippen LogP contribution is -1.91. The van der Waals surface area contributed by atoms with Gasteiger partial charge in [-0.3, -0.25) is 10.1 Å². The summed E-state index contributed by atoms with van der Waals surface area (Å²) in [6.07, 6.45) is 0. The molecule has 0 aliphatic heterocycles. The summed E-state index contributed by atoms with van der Waals surface area (Å²) in [6.45, 7) is 1.70. The summed E-state index contributed by atoms with van der Waals surface area (Å²) in [5, 5.41) is 20.4. The molecule has 0 saturated heterocycles. The fourth-order valence-electron chi connectivity index (χ4n) is 1.57. The summed E-state index contributed by atoms with van der Waals surface area (Å²) in [5.74, 6) is 0.207. The predicted molar refractivity (Wildman–Crippen MR) is 70.1 cm³/mol. The number of phenols is 1. The van der Waals surface area contributed by atoms with E-state index in [1.165, 1.54) is 17.8 Å². The summed E-state index contributed by atoms with van der Waals surface area (Å²) in [6, 6.07) is 11.9. The van der Waals surface area contributed by atoms with E-state index in [2.05, 4.69) is 0 Å². The van der Waals surface area contributed by atoms with E-state index in [1.54, 1.807) is 37.3 Å². The van der Waals surface area contributed by atoms with E-state index < -0.39 is 4.92 Å². The van der Waals surface area contributed by atoms with Crippen molar-refractivity contribution in [1.29, 1.82) is 0 Å². The van der Waals surface area contributed by atoms with Gasteiger partial charge in [0.1, 0.15) is 5.75 Å². The van der Waals surface area contributed by atoms with Gasteiger partial charge >= 0.3 is 0 Å². The number of nitro groups is 1. The van der Waals surface area contributed by atoms with Crippen LogP contribution in [0.3, 0.4) is 0 Å². The van der Waals surface area contributed by atoms with Crippen molar-refractivity contribution in [2.24, 2.45) is 0 Å². The van der Waals surface area contributed by atoms with E-state index in [0.29, 0.717) is 5.56 Å². The first-order valence-electron chi connectivity index (χ1n) is 5.29. The summed E-state index contributed by atoms with van der Waals surface area (Å²) in [7, 11) is 0. The molecule has 0 heterocycles. The van der Waals surface area contributed by atoms with E-state index in [9.17, 15) is 15.2 Å². The van der Waals surface area contributed by atoms with E-state index in [4.69, 9.17) is 0 Å². The van der Waals surface area contributed by atoms with Crippen molar-refractivity contribution in [3.05, 3.63) is 58.1 Å². The standard InChI is InChI=1S/C13H11NO3S/c1-9-8-10(6-7-11(9)14(16)17)18-13-5-3-2-4-12(13)15/h2-8,15H,1H3. The molecule has 0 saturated carbocycles. The maximum Gasteiger partial charge on any atom is 0.272 e. The molecule has 18 heavy (non-hydrogen) atoms. The second-order valence-electron chi connectivity index (χ2n) is 3.78. The van der Waals surface area contributed by atoms with Crippen LogP contribution in [0.5, 0.6) is 5.75 Å². The molecule has 0 aliphatic rings. The molecule has 2 rings (SSSR count). The minimum absolute atomic E-state index is 0.108. The molecule has 0 amide bonds. The Morgan fingerprint density at radius 2 is 1.94 bits per heavy atom. The van der Waals surface area contributed by atoms with Gasteiger partial charge in [0.25, 0.3) is 5.69 Å². The summed E-state index contributed by atoms with van der Waals surface area (Å²) in [5.41, 5.74) is 0.719. The molecular weight excluding hydrogens is 250 g/mol. The van der Waals surface area contributed by atoms with Gasteiger partial charge in [-0.05, 0) is 31.2 Å². The maximum atomic E-state index is 10.7. The number of aromatic hydroxyl groups is 1. The van der Waals surface area contributed by atoms with Crippen LogP contribution < -0.4 is 0 Å². The smallest absolute Gasteiger partial charge is 0.272 e. The van der Waals surface area contributed by atoms with Gasteiger partial charge in [-0.15, -0.1) is 0 Å². The van der Waals surface area contributed by atoms with E-state index >= 15 is 0 Å². The van der Waals surface area contributed by atoms with Crippen LogP contribution in [0.4, 0.5) is 5.69 Å². The Balaban J connectivity index is 2.29. The molecule has 92 valence electrons. The largest absolute Gasteiger partial charge is 0.507 e. The molecule has 2 aromatic rings. The molecule has 0 radical (unpaired) electrons. The number of nitro benzene ring substituents is 1. The Labute approximate surface area is 108 Å². The molecule has 2 aromatic carbocycles. The third-order valence-corrected chi connectivity index (χ3v) is 3.51. The van der Waals surface area contributed by atoms with Crippen LogP contribution in [-0.4, -0.2) is 10.0 Å². The first-order valence-corrected chi connectivity index (χ1v) is 6.10. The van der Waals surface area contributed by atoms with Gasteiger partial charge in [0, 0.05) is 16.5 Å². The van der Waals surface area contributed by atoms with Crippen molar-refractivity contribution in [3.8, 4) is 5.75 Å². The lowest BCUT2D eigenvalue weighted by atomic mass is 10.2. The van der Waals surface area contributed by atoms with Crippen LogP contribution in [-0.2, 0) is 0 Å². The van der Waals surface area contributed by atoms with Crippen LogP contribution in [0, 0.1) is 17.0 Å². The third kappa shape index (κ3) is 2.62. The molecule has 1 N–H and O–H groups in total. The van der Waals surface area contributed by atoms with Gasteiger partial charge in [-0.25, -0.2) is 0 Å². The molecule has 0 fully saturated rings. The maximum absolute atomic E-state index is 10.7. The highest BCUT2D eigenvalue weighted by atomic mass is 32.2. The average Bonchev–Trinajstić information content (AvgIpc) is 2.32. The van der Waals surface area contributed by atoms with Gasteiger partial charge in [0.15, 0.2) is 0 Å². The topological polar surface area (TPSA) is 63.4 Å². The van der Waals surface area contributed by atoms with Crippen molar-refractivity contribution in [2.45, 2.75) is 16.7 Å². The SMILES string of the molecule is Cc1cc(Sc2ccccc2O)ccc1[N+](=O)[O-]. The van der Waals surface area contributed by atoms with Gasteiger partial charge in [-0.1, -0.05) is 23.9 Å². The van der Waals surface area contributed by atoms with Crippen LogP contribution >= 0.6 is 11.8 Å². The Kier molecular flexibility index (Phi) is 3.53. The zero-order chi connectivity index (χ0) is 13.1. The lowest BCUT2D eigenvalue weighted by Gasteiger charge is -2.05. The van der Waals surface area contributed by atoms with Crippen molar-refractivity contribution in [3.63, 3.8) is 0 Å². The fourth-order valence-corrected chi connectivity index (χ4v) is 2.51. The quantitative estimate of drug-likeness (QED) is 0.675. The van der Waals surface area contributed by atoms with Crippen molar-refractivity contribution < 1.29 is 10.0 Å². The molecule has 0 unspecified atom stereocenters. The first-order chi connectivity index (χ1) is 8.58. The van der Waals surface area contributed by atoms with Crippen LogP contribution in [0.1, 0.15) is 5.56 Å². The molecule has 0 aromatic heterocycles. The fraction of sp³-hybridized carbons (Fsp3) is 0.0769. The number of nitrogens with zero attached hydrogens (tertiary/aromatic N) is 1. The van der Waals surface area contributed by atoms with E-state index in [0.717, 1.165) is 9.79 Å². The highest BCUT2D eigenvalue weighted by Gasteiger charge is 2.11. The molecule has 0 aliphatic carbocycles. The Morgan fingerprint density at radius 1 is 1.22 bits per heavy atom. The first kappa shape index (κ1) is 12.4. The highest BCUT2D eigenvalue weighted by Crippen LogP contribution is 2.35. The third-order valence-electron chi connectivity index (χ3n) is 2.46. The van der Waals surface area contributed by atoms with E-state index in [-0.39, 0.29) is 11.4 Å². The number of hydrogen-bond donors (Lipinski definition) is 1. The monoisotopic (exact) mass is 261 g/mol. The molecule has 5 heteroatoms. The number of hydrogen-bond acceptors (Lipinski definition) is 4. The van der Waals surface area contributed by atoms with Gasteiger partial charge in [0.2, 0.25) is 0 Å². The zero-order valence-corrected chi connectivity index (χ0v) is 10.5. The number of para-hydroxylation sites is 1.